The Bertz CT molecular complexity index is 1190. The second-order valence-electron chi connectivity index (χ2n) is 8.35. The highest BCUT2D eigenvalue weighted by atomic mass is 31.2. The Morgan fingerprint density at radius 2 is 2.06 bits per heavy atom. The molecule has 3 aromatic rings. The Morgan fingerprint density at radius 1 is 1.29 bits per heavy atom. The summed E-state index contributed by atoms with van der Waals surface area (Å²) in [5.41, 5.74) is 1.16. The molecule has 13 heteroatoms. The molecule has 2 aromatic heterocycles. The van der Waals surface area contributed by atoms with Gasteiger partial charge in [-0.25, -0.2) is 19.5 Å². The molecule has 0 amide bonds. The number of hydrogen-bond donors (Lipinski definition) is 2. The topological polar surface area (TPSA) is 147 Å². The fourth-order valence-electron chi connectivity index (χ4n) is 3.54. The summed E-state index contributed by atoms with van der Waals surface area (Å²) in [5, 5.41) is 13.2. The number of nitrogens with zero attached hydrogens (tertiary/aromatic N) is 4. The Labute approximate surface area is 202 Å². The molecule has 12 nitrogen and oxygen atoms in total. The second-order valence-corrected chi connectivity index (χ2v) is 10.0. The van der Waals surface area contributed by atoms with Gasteiger partial charge in [-0.1, -0.05) is 18.2 Å². The van der Waals surface area contributed by atoms with E-state index in [4.69, 9.17) is 18.5 Å². The molecular weight excluding hydrogens is 477 g/mol. The third-order valence-electron chi connectivity index (χ3n) is 5.19. The van der Waals surface area contributed by atoms with E-state index in [-0.39, 0.29) is 24.9 Å². The summed E-state index contributed by atoms with van der Waals surface area (Å²) >= 11 is 0. The Balaban J connectivity index is 1.45. The minimum Gasteiger partial charge on any atom is -0.462 e. The van der Waals surface area contributed by atoms with E-state index in [9.17, 15) is 14.5 Å². The van der Waals surface area contributed by atoms with Gasteiger partial charge in [0.1, 0.15) is 36.0 Å². The van der Waals surface area contributed by atoms with Crippen molar-refractivity contribution in [3.05, 3.63) is 49.2 Å². The minimum atomic E-state index is -4.07. The summed E-state index contributed by atoms with van der Waals surface area (Å²) in [7, 11) is -4.07. The predicted octanol–water partition coefficient (Wildman–Crippen LogP) is 2.61. The van der Waals surface area contributed by atoms with Crippen molar-refractivity contribution in [3.8, 4) is 5.75 Å². The van der Waals surface area contributed by atoms with Crippen LogP contribution in [0.15, 0.2) is 49.2 Å². The second kappa shape index (κ2) is 10.8. The fraction of sp³-hybridized carbons (Fsp3) is 0.455. The van der Waals surface area contributed by atoms with E-state index in [1.54, 1.807) is 61.3 Å². The minimum absolute atomic E-state index is 0.248. The number of esters is 1. The Morgan fingerprint density at radius 3 is 2.80 bits per heavy atom. The molecular formula is C22H28N5O7P. The molecule has 1 saturated heterocycles. The maximum atomic E-state index is 13.6. The van der Waals surface area contributed by atoms with Crippen molar-refractivity contribution in [2.24, 2.45) is 0 Å². The number of imidazole rings is 1. The van der Waals surface area contributed by atoms with Crippen molar-refractivity contribution in [1.29, 1.82) is 0 Å². The smallest absolute Gasteiger partial charge is 0.459 e. The average molecular weight is 505 g/mol. The number of fused-ring (bicyclic) bond motifs is 1. The van der Waals surface area contributed by atoms with Gasteiger partial charge in [-0.15, -0.1) is 0 Å². The predicted molar refractivity (Wildman–Crippen MR) is 124 cm³/mol. The van der Waals surface area contributed by atoms with Crippen LogP contribution < -0.4 is 9.61 Å². The highest BCUT2D eigenvalue weighted by Gasteiger charge is 2.39. The van der Waals surface area contributed by atoms with Crippen molar-refractivity contribution in [2.75, 3.05) is 6.61 Å². The van der Waals surface area contributed by atoms with Gasteiger partial charge >= 0.3 is 13.7 Å². The van der Waals surface area contributed by atoms with Gasteiger partial charge in [-0.05, 0) is 32.9 Å². The summed E-state index contributed by atoms with van der Waals surface area (Å²) in [4.78, 5) is 24.7. The first-order chi connectivity index (χ1) is 16.7. The molecule has 1 aromatic carbocycles. The molecule has 5 atom stereocenters. The van der Waals surface area contributed by atoms with E-state index in [1.165, 1.54) is 13.3 Å². The summed E-state index contributed by atoms with van der Waals surface area (Å²) < 4.78 is 37.7. The molecule has 3 heterocycles. The quantitative estimate of drug-likeness (QED) is 0.309. The van der Waals surface area contributed by atoms with E-state index < -0.39 is 38.2 Å². The first-order valence-corrected chi connectivity index (χ1v) is 12.7. The lowest BCUT2D eigenvalue weighted by Crippen LogP contribution is -2.37. The number of nitrogens with one attached hydrogen (secondary N) is 1. The molecule has 0 spiro atoms. The van der Waals surface area contributed by atoms with E-state index in [1.807, 2.05) is 0 Å². The van der Waals surface area contributed by atoms with Gasteiger partial charge in [0.05, 0.1) is 31.3 Å². The monoisotopic (exact) mass is 505 g/mol. The van der Waals surface area contributed by atoms with Crippen LogP contribution in [0.25, 0.3) is 11.2 Å². The highest BCUT2D eigenvalue weighted by Crippen LogP contribution is 2.46. The molecule has 1 aliphatic heterocycles. The van der Waals surface area contributed by atoms with E-state index in [2.05, 4.69) is 20.0 Å². The van der Waals surface area contributed by atoms with Crippen molar-refractivity contribution < 1.29 is 33.0 Å². The van der Waals surface area contributed by atoms with Crippen LogP contribution in [-0.4, -0.2) is 61.6 Å². The number of aliphatic hydroxyl groups excluding tert-OH is 1. The number of hydrogen-bond acceptors (Lipinski definition) is 10. The number of aromatic nitrogens is 4. The Kier molecular flexibility index (Phi) is 7.78. The average Bonchev–Trinajstić information content (AvgIpc) is 3.41. The molecule has 0 bridgehead atoms. The van der Waals surface area contributed by atoms with Crippen LogP contribution >= 0.6 is 7.75 Å². The van der Waals surface area contributed by atoms with Gasteiger partial charge < -0.3 is 19.1 Å². The maximum absolute atomic E-state index is 13.6. The molecule has 1 aliphatic rings. The van der Waals surface area contributed by atoms with Crippen molar-refractivity contribution in [1.82, 2.24) is 24.6 Å². The lowest BCUT2D eigenvalue weighted by atomic mass is 10.2. The van der Waals surface area contributed by atoms with Gasteiger partial charge in [-0.3, -0.25) is 13.9 Å². The molecule has 35 heavy (non-hydrogen) atoms. The normalized spacial score (nSPS) is 22.7. The van der Waals surface area contributed by atoms with Gasteiger partial charge in [0, 0.05) is 6.42 Å². The van der Waals surface area contributed by atoms with E-state index in [0.29, 0.717) is 11.2 Å². The first kappa shape index (κ1) is 25.2. The van der Waals surface area contributed by atoms with Crippen molar-refractivity contribution in [3.63, 3.8) is 0 Å². The number of carbonyl (C=O) groups excluding carboxylic acids is 1. The van der Waals surface area contributed by atoms with Gasteiger partial charge in [0.25, 0.3) is 0 Å². The van der Waals surface area contributed by atoms with Crippen LogP contribution in [0.5, 0.6) is 5.75 Å². The number of carbonyl (C=O) groups is 1. The van der Waals surface area contributed by atoms with Crippen LogP contribution in [-0.2, 0) is 23.4 Å². The van der Waals surface area contributed by atoms with Crippen LogP contribution in [0, 0.1) is 0 Å². The SMILES string of the molecule is CC(C)OC(=O)[C@@H](C)NP(=O)(OC[C@H]1O[C@@H](n2cnc3cncnc32)C[C@@H]1O)Oc1ccccc1. The first-order valence-electron chi connectivity index (χ1n) is 11.2. The number of ether oxygens (including phenoxy) is 2. The fourth-order valence-corrected chi connectivity index (χ4v) is 5.04. The summed E-state index contributed by atoms with van der Waals surface area (Å²) in [6.07, 6.45) is 2.18. The molecule has 188 valence electrons. The lowest BCUT2D eigenvalue weighted by molar-refractivity contribution is -0.149. The molecule has 0 radical (unpaired) electrons. The van der Waals surface area contributed by atoms with Crippen LogP contribution in [0.2, 0.25) is 0 Å². The van der Waals surface area contributed by atoms with E-state index in [0.717, 1.165) is 0 Å². The highest BCUT2D eigenvalue weighted by molar-refractivity contribution is 7.52. The standard InChI is InChI=1S/C22H28N5O7P/c1-14(2)32-22(29)15(3)26-35(30,34-16-7-5-4-6-8-16)31-11-19-18(28)9-20(33-19)27-13-25-17-10-23-12-24-21(17)27/h4-8,10,12-15,18-20,28H,9,11H2,1-3H3,(H,26,30)/t15-,18+,19-,20-,35?/m1/s1. The van der Waals surface area contributed by atoms with Crippen molar-refractivity contribution >= 4 is 24.9 Å². The summed E-state index contributed by atoms with van der Waals surface area (Å²) in [6, 6.07) is 7.44. The maximum Gasteiger partial charge on any atom is 0.459 e. The molecule has 0 saturated carbocycles. The van der Waals surface area contributed by atoms with Crippen molar-refractivity contribution in [2.45, 2.75) is 57.8 Å². The molecule has 2 N–H and O–H groups in total. The van der Waals surface area contributed by atoms with Gasteiger partial charge in [0.15, 0.2) is 5.65 Å². The zero-order chi connectivity index (χ0) is 25.0. The molecule has 1 fully saturated rings. The number of aliphatic hydroxyl groups is 1. The lowest BCUT2D eigenvalue weighted by Gasteiger charge is -2.25. The third-order valence-corrected chi connectivity index (χ3v) is 6.83. The van der Waals surface area contributed by atoms with E-state index >= 15 is 0 Å². The molecule has 4 rings (SSSR count). The van der Waals surface area contributed by atoms with Gasteiger partial charge in [-0.2, -0.15) is 5.09 Å². The zero-order valence-corrected chi connectivity index (χ0v) is 20.4. The van der Waals surface area contributed by atoms with Crippen LogP contribution in [0.3, 0.4) is 0 Å². The number of rotatable bonds is 10. The number of benzene rings is 1. The van der Waals surface area contributed by atoms with Crippen LogP contribution in [0.4, 0.5) is 0 Å². The summed E-state index contributed by atoms with van der Waals surface area (Å²) in [5.74, 6) is -0.324. The van der Waals surface area contributed by atoms with Gasteiger partial charge in [0.2, 0.25) is 0 Å². The molecule has 0 aliphatic carbocycles. The molecule has 1 unspecified atom stereocenters. The Hall–Kier alpha value is -2.89. The number of para-hydroxylation sites is 1. The summed E-state index contributed by atoms with van der Waals surface area (Å²) in [6.45, 7) is 4.66. The third kappa shape index (κ3) is 6.22. The van der Waals surface area contributed by atoms with Crippen LogP contribution in [0.1, 0.15) is 33.4 Å². The zero-order valence-electron chi connectivity index (χ0n) is 19.6. The largest absolute Gasteiger partial charge is 0.462 e.